The molecule has 0 amide bonds. The molecule has 0 saturated heterocycles. The number of benzene rings is 1. The van der Waals surface area contributed by atoms with E-state index < -0.39 is 0 Å². The maximum Gasteiger partial charge on any atom is 0.345 e. The van der Waals surface area contributed by atoms with Crippen molar-refractivity contribution >= 4 is 5.69 Å². The van der Waals surface area contributed by atoms with E-state index in [1.54, 1.807) is 7.05 Å². The second-order valence-electron chi connectivity index (χ2n) is 3.81. The quantitative estimate of drug-likeness (QED) is 0.747. The topological polar surface area (TPSA) is 65.8 Å². The highest BCUT2D eigenvalue weighted by Gasteiger charge is 2.06. The fourth-order valence-corrected chi connectivity index (χ4v) is 1.57. The Hall–Kier alpha value is -2.04. The summed E-state index contributed by atoms with van der Waals surface area (Å²) in [7, 11) is 1.68. The number of aromatic nitrogens is 3. The molecule has 0 unspecified atom stereocenters. The normalized spacial score (nSPS) is 10.6. The highest BCUT2D eigenvalue weighted by Crippen LogP contribution is 2.15. The second kappa shape index (κ2) is 3.84. The molecule has 1 aromatic heterocycles. The number of anilines is 1. The summed E-state index contributed by atoms with van der Waals surface area (Å²) >= 11 is 0. The van der Waals surface area contributed by atoms with Crippen molar-refractivity contribution in [3.8, 4) is 0 Å². The number of hydrogen-bond acceptors (Lipinski definition) is 3. The lowest BCUT2D eigenvalue weighted by atomic mass is 10.1. The average Bonchev–Trinajstić information content (AvgIpc) is 2.57. The number of aryl methyl sites for hydroxylation is 1. The first-order chi connectivity index (χ1) is 7.59. The maximum atomic E-state index is 11.6. The first-order valence-electron chi connectivity index (χ1n) is 5.02. The summed E-state index contributed by atoms with van der Waals surface area (Å²) in [6.45, 7) is 2.40. The molecule has 2 N–H and O–H groups in total. The second-order valence-corrected chi connectivity index (χ2v) is 3.81. The van der Waals surface area contributed by atoms with Crippen LogP contribution >= 0.6 is 0 Å². The summed E-state index contributed by atoms with van der Waals surface area (Å²) in [5.74, 6) is 0. The Morgan fingerprint density at radius 2 is 2.19 bits per heavy atom. The molecule has 2 aromatic rings. The van der Waals surface area contributed by atoms with Gasteiger partial charge < -0.3 is 5.73 Å². The van der Waals surface area contributed by atoms with Crippen LogP contribution in [-0.2, 0) is 13.6 Å². The van der Waals surface area contributed by atoms with Crippen LogP contribution < -0.4 is 11.4 Å². The van der Waals surface area contributed by atoms with Crippen LogP contribution in [0.25, 0.3) is 0 Å². The van der Waals surface area contributed by atoms with Crippen molar-refractivity contribution in [2.45, 2.75) is 13.5 Å². The molecule has 16 heavy (non-hydrogen) atoms. The minimum absolute atomic E-state index is 0.123. The third kappa shape index (κ3) is 1.71. The molecule has 2 rings (SSSR count). The predicted octanol–water partition coefficient (Wildman–Crippen LogP) is 0.521. The molecule has 0 fully saturated rings. The van der Waals surface area contributed by atoms with Gasteiger partial charge in [0.1, 0.15) is 6.33 Å². The van der Waals surface area contributed by atoms with E-state index >= 15 is 0 Å². The minimum atomic E-state index is -0.123. The highest BCUT2D eigenvalue weighted by atomic mass is 16.2. The van der Waals surface area contributed by atoms with Crippen molar-refractivity contribution < 1.29 is 0 Å². The van der Waals surface area contributed by atoms with Gasteiger partial charge in [-0.05, 0) is 24.1 Å². The molecule has 0 aliphatic rings. The number of nitrogens with zero attached hydrogens (tertiary/aromatic N) is 3. The summed E-state index contributed by atoms with van der Waals surface area (Å²) < 4.78 is 2.86. The van der Waals surface area contributed by atoms with Gasteiger partial charge in [-0.25, -0.2) is 9.48 Å². The Labute approximate surface area is 93.1 Å². The first-order valence-corrected chi connectivity index (χ1v) is 5.02. The number of nitrogens with two attached hydrogens (primary N) is 1. The van der Waals surface area contributed by atoms with Crippen molar-refractivity contribution in [1.29, 1.82) is 0 Å². The Bertz CT molecular complexity index is 568. The molecular formula is C11H14N4O. The smallest absolute Gasteiger partial charge is 0.345 e. The zero-order valence-corrected chi connectivity index (χ0v) is 9.34. The summed E-state index contributed by atoms with van der Waals surface area (Å²) in [6.07, 6.45) is 1.50. The lowest BCUT2D eigenvalue weighted by molar-refractivity contribution is 0.645. The average molecular weight is 218 g/mol. The molecule has 0 aliphatic heterocycles. The van der Waals surface area contributed by atoms with E-state index in [0.29, 0.717) is 6.54 Å². The Kier molecular flexibility index (Phi) is 2.52. The van der Waals surface area contributed by atoms with E-state index in [2.05, 4.69) is 5.10 Å². The molecule has 0 aliphatic carbocycles. The van der Waals surface area contributed by atoms with Gasteiger partial charge in [0.25, 0.3) is 0 Å². The number of hydrogen-bond donors (Lipinski definition) is 1. The predicted molar refractivity (Wildman–Crippen MR) is 62.2 cm³/mol. The minimum Gasteiger partial charge on any atom is -0.399 e. The van der Waals surface area contributed by atoms with Crippen LogP contribution in [0.5, 0.6) is 0 Å². The van der Waals surface area contributed by atoms with Gasteiger partial charge in [-0.3, -0.25) is 4.57 Å². The monoisotopic (exact) mass is 218 g/mol. The van der Waals surface area contributed by atoms with Gasteiger partial charge in [-0.2, -0.15) is 5.10 Å². The van der Waals surface area contributed by atoms with Gasteiger partial charge in [0.05, 0.1) is 6.54 Å². The SMILES string of the molecule is Cc1c(N)cccc1Cn1ncn(C)c1=O. The van der Waals surface area contributed by atoms with Crippen LogP contribution in [0.1, 0.15) is 11.1 Å². The molecule has 1 heterocycles. The van der Waals surface area contributed by atoms with Gasteiger partial charge in [-0.15, -0.1) is 0 Å². The van der Waals surface area contributed by atoms with Crippen molar-refractivity contribution in [2.24, 2.45) is 7.05 Å². The molecule has 0 radical (unpaired) electrons. The standard InChI is InChI=1S/C11H14N4O/c1-8-9(4-3-5-10(8)12)6-15-11(16)14(2)7-13-15/h3-5,7H,6,12H2,1-2H3. The van der Waals surface area contributed by atoms with Crippen molar-refractivity contribution in [2.75, 3.05) is 5.73 Å². The van der Waals surface area contributed by atoms with Gasteiger partial charge in [-0.1, -0.05) is 12.1 Å². The zero-order chi connectivity index (χ0) is 11.7. The third-order valence-corrected chi connectivity index (χ3v) is 2.69. The van der Waals surface area contributed by atoms with Crippen molar-refractivity contribution in [3.05, 3.63) is 46.1 Å². The Morgan fingerprint density at radius 3 is 2.81 bits per heavy atom. The van der Waals surface area contributed by atoms with Crippen molar-refractivity contribution in [1.82, 2.24) is 14.3 Å². The fraction of sp³-hybridized carbons (Fsp3) is 0.273. The number of rotatable bonds is 2. The molecule has 0 bridgehead atoms. The molecule has 0 spiro atoms. The van der Waals surface area contributed by atoms with E-state index in [9.17, 15) is 4.79 Å². The summed E-state index contributed by atoms with van der Waals surface area (Å²) in [4.78, 5) is 11.6. The maximum absolute atomic E-state index is 11.6. The molecule has 84 valence electrons. The van der Waals surface area contributed by atoms with Crippen LogP contribution in [0, 0.1) is 6.92 Å². The Morgan fingerprint density at radius 1 is 1.44 bits per heavy atom. The molecule has 5 heteroatoms. The van der Waals surface area contributed by atoms with Crippen LogP contribution in [-0.4, -0.2) is 14.3 Å². The number of nitrogen functional groups attached to an aromatic ring is 1. The van der Waals surface area contributed by atoms with E-state index in [1.807, 2.05) is 25.1 Å². The molecule has 0 atom stereocenters. The molecule has 5 nitrogen and oxygen atoms in total. The van der Waals surface area contributed by atoms with Crippen molar-refractivity contribution in [3.63, 3.8) is 0 Å². The molecular weight excluding hydrogens is 204 g/mol. The van der Waals surface area contributed by atoms with E-state index in [-0.39, 0.29) is 5.69 Å². The molecule has 1 aromatic carbocycles. The van der Waals surface area contributed by atoms with E-state index in [0.717, 1.165) is 16.8 Å². The molecule has 0 saturated carbocycles. The fourth-order valence-electron chi connectivity index (χ4n) is 1.57. The van der Waals surface area contributed by atoms with Crippen LogP contribution in [0.2, 0.25) is 0 Å². The lowest BCUT2D eigenvalue weighted by Gasteiger charge is -2.07. The van der Waals surface area contributed by atoms with Gasteiger partial charge in [0.2, 0.25) is 0 Å². The lowest BCUT2D eigenvalue weighted by Crippen LogP contribution is -2.23. The summed E-state index contributed by atoms with van der Waals surface area (Å²) in [5.41, 5.74) is 8.43. The van der Waals surface area contributed by atoms with Crippen LogP contribution in [0.3, 0.4) is 0 Å². The van der Waals surface area contributed by atoms with Gasteiger partial charge in [0.15, 0.2) is 0 Å². The van der Waals surface area contributed by atoms with Crippen LogP contribution in [0.15, 0.2) is 29.3 Å². The third-order valence-electron chi connectivity index (χ3n) is 2.69. The Balaban J connectivity index is 2.38. The van der Waals surface area contributed by atoms with Gasteiger partial charge in [0, 0.05) is 12.7 Å². The van der Waals surface area contributed by atoms with Crippen LogP contribution in [0.4, 0.5) is 5.69 Å². The van der Waals surface area contributed by atoms with Gasteiger partial charge >= 0.3 is 5.69 Å². The van der Waals surface area contributed by atoms with E-state index in [4.69, 9.17) is 5.73 Å². The largest absolute Gasteiger partial charge is 0.399 e. The first kappa shape index (κ1) is 10.5. The summed E-state index contributed by atoms with van der Waals surface area (Å²) in [6, 6.07) is 5.68. The highest BCUT2D eigenvalue weighted by molar-refractivity contribution is 5.49. The zero-order valence-electron chi connectivity index (χ0n) is 9.34. The summed E-state index contributed by atoms with van der Waals surface area (Å²) in [5, 5.41) is 4.01. The van der Waals surface area contributed by atoms with E-state index in [1.165, 1.54) is 15.6 Å².